The Hall–Kier alpha value is -1.20. The first-order valence-corrected chi connectivity index (χ1v) is 7.75. The molecule has 2 aromatic rings. The minimum absolute atomic E-state index is 0.243. The molecule has 4 nitrogen and oxygen atoms in total. The average molecular weight is 337 g/mol. The van der Waals surface area contributed by atoms with Crippen LogP contribution in [0.1, 0.15) is 36.3 Å². The highest BCUT2D eigenvalue weighted by molar-refractivity contribution is 9.10. The summed E-state index contributed by atoms with van der Waals surface area (Å²) in [7, 11) is 1.99. The maximum Gasteiger partial charge on any atom is 0.138 e. The van der Waals surface area contributed by atoms with Crippen molar-refractivity contribution >= 4 is 15.9 Å². The van der Waals surface area contributed by atoms with Crippen molar-refractivity contribution in [3.8, 4) is 0 Å². The van der Waals surface area contributed by atoms with E-state index in [0.717, 1.165) is 29.7 Å². The van der Waals surface area contributed by atoms with Crippen molar-refractivity contribution in [1.29, 1.82) is 0 Å². The number of likely N-dealkylation sites (N-methyl/N-ethyl adjacent to an activating group) is 1. The summed E-state index contributed by atoms with van der Waals surface area (Å²) < 4.78 is 3.10. The second kappa shape index (κ2) is 6.99. The molecule has 0 aliphatic carbocycles. The number of aromatic nitrogens is 3. The van der Waals surface area contributed by atoms with Crippen LogP contribution in [0.15, 0.2) is 29.0 Å². The molecule has 1 unspecified atom stereocenters. The fourth-order valence-corrected chi connectivity index (χ4v) is 2.76. The molecule has 0 radical (unpaired) electrons. The number of benzene rings is 1. The van der Waals surface area contributed by atoms with Crippen LogP contribution in [0.5, 0.6) is 0 Å². The molecule has 1 aromatic carbocycles. The third-order valence-electron chi connectivity index (χ3n) is 3.48. The van der Waals surface area contributed by atoms with Crippen LogP contribution in [-0.4, -0.2) is 21.8 Å². The van der Waals surface area contributed by atoms with Gasteiger partial charge in [0.1, 0.15) is 12.2 Å². The molecule has 0 amide bonds. The number of halogens is 1. The van der Waals surface area contributed by atoms with E-state index in [2.05, 4.69) is 63.4 Å². The normalized spacial score (nSPS) is 12.6. The molecule has 1 heterocycles. The third-order valence-corrected chi connectivity index (χ3v) is 3.98. The lowest BCUT2D eigenvalue weighted by Gasteiger charge is -2.19. The van der Waals surface area contributed by atoms with Crippen molar-refractivity contribution in [2.75, 3.05) is 7.05 Å². The molecule has 0 fully saturated rings. The fourth-order valence-electron chi connectivity index (χ4n) is 2.38. The third kappa shape index (κ3) is 3.46. The highest BCUT2D eigenvalue weighted by atomic mass is 79.9. The van der Waals surface area contributed by atoms with E-state index in [1.807, 2.05) is 11.7 Å². The smallest absolute Gasteiger partial charge is 0.138 e. The lowest BCUT2D eigenvalue weighted by molar-refractivity contribution is 0.515. The van der Waals surface area contributed by atoms with Crippen LogP contribution in [0.3, 0.4) is 0 Å². The van der Waals surface area contributed by atoms with Crippen LogP contribution in [0.4, 0.5) is 0 Å². The molecule has 1 atom stereocenters. The lowest BCUT2D eigenvalue weighted by Crippen LogP contribution is -2.22. The van der Waals surface area contributed by atoms with E-state index in [1.165, 1.54) is 11.1 Å². The highest BCUT2D eigenvalue weighted by Gasteiger charge is 2.16. The van der Waals surface area contributed by atoms with Gasteiger partial charge in [0, 0.05) is 23.5 Å². The van der Waals surface area contributed by atoms with Gasteiger partial charge in [0.25, 0.3) is 0 Å². The summed E-state index contributed by atoms with van der Waals surface area (Å²) in [6.07, 6.45) is 3.55. The molecule has 108 valence electrons. The van der Waals surface area contributed by atoms with E-state index in [4.69, 9.17) is 0 Å². The molecule has 0 saturated carbocycles. The minimum atomic E-state index is 0.243. The Morgan fingerprint density at radius 2 is 2.20 bits per heavy atom. The Morgan fingerprint density at radius 1 is 1.40 bits per heavy atom. The lowest BCUT2D eigenvalue weighted by atomic mass is 9.98. The van der Waals surface area contributed by atoms with Gasteiger partial charge < -0.3 is 5.32 Å². The maximum absolute atomic E-state index is 4.40. The van der Waals surface area contributed by atoms with Crippen LogP contribution in [0.2, 0.25) is 0 Å². The Balaban J connectivity index is 2.24. The number of rotatable bonds is 6. The van der Waals surface area contributed by atoms with Gasteiger partial charge in [-0.1, -0.05) is 28.9 Å². The van der Waals surface area contributed by atoms with E-state index >= 15 is 0 Å². The molecule has 0 saturated heterocycles. The van der Waals surface area contributed by atoms with Gasteiger partial charge in [0.15, 0.2) is 0 Å². The first-order valence-electron chi connectivity index (χ1n) is 6.95. The zero-order chi connectivity index (χ0) is 14.5. The largest absolute Gasteiger partial charge is 0.313 e. The number of aryl methyl sites for hydroxylation is 2. The number of nitrogens with one attached hydrogen (secondary N) is 1. The van der Waals surface area contributed by atoms with Gasteiger partial charge in [-0.3, -0.25) is 4.68 Å². The number of hydrogen-bond acceptors (Lipinski definition) is 3. The van der Waals surface area contributed by atoms with Gasteiger partial charge in [0.05, 0.1) is 0 Å². The summed E-state index contributed by atoms with van der Waals surface area (Å²) in [5.74, 6) is 1.03. The molecule has 1 N–H and O–H groups in total. The van der Waals surface area contributed by atoms with Crippen molar-refractivity contribution < 1.29 is 0 Å². The molecule has 1 aromatic heterocycles. The van der Waals surface area contributed by atoms with Crippen molar-refractivity contribution in [2.24, 2.45) is 0 Å². The number of hydrogen-bond donors (Lipinski definition) is 1. The minimum Gasteiger partial charge on any atom is -0.313 e. The van der Waals surface area contributed by atoms with Gasteiger partial charge in [-0.2, -0.15) is 5.10 Å². The van der Waals surface area contributed by atoms with E-state index in [0.29, 0.717) is 0 Å². The first kappa shape index (κ1) is 15.2. The Bertz CT molecular complexity index is 565. The van der Waals surface area contributed by atoms with Gasteiger partial charge >= 0.3 is 0 Å². The van der Waals surface area contributed by atoms with Crippen LogP contribution in [0, 0.1) is 6.92 Å². The zero-order valence-corrected chi connectivity index (χ0v) is 13.8. The van der Waals surface area contributed by atoms with Crippen LogP contribution >= 0.6 is 15.9 Å². The Kier molecular flexibility index (Phi) is 5.31. The summed E-state index contributed by atoms with van der Waals surface area (Å²) >= 11 is 3.55. The predicted molar refractivity (Wildman–Crippen MR) is 84.7 cm³/mol. The van der Waals surface area contributed by atoms with E-state index in [1.54, 1.807) is 6.33 Å². The van der Waals surface area contributed by atoms with Gasteiger partial charge in [0.2, 0.25) is 0 Å². The molecular weight excluding hydrogens is 316 g/mol. The summed E-state index contributed by atoms with van der Waals surface area (Å²) in [6, 6.07) is 6.63. The summed E-state index contributed by atoms with van der Waals surface area (Å²) in [6.45, 7) is 5.21. The predicted octanol–water partition coefficient (Wildman–Crippen LogP) is 3.26. The summed E-state index contributed by atoms with van der Waals surface area (Å²) in [5.41, 5.74) is 2.59. The first-order chi connectivity index (χ1) is 9.65. The van der Waals surface area contributed by atoms with Crippen LogP contribution in [0.25, 0.3) is 0 Å². The summed E-state index contributed by atoms with van der Waals surface area (Å²) in [4.78, 5) is 4.40. The van der Waals surface area contributed by atoms with Gasteiger partial charge in [-0.15, -0.1) is 0 Å². The Morgan fingerprint density at radius 3 is 2.90 bits per heavy atom. The van der Waals surface area contributed by atoms with Crippen LogP contribution < -0.4 is 5.32 Å². The number of nitrogens with zero attached hydrogens (tertiary/aromatic N) is 3. The molecular formula is C15H21BrN4. The van der Waals surface area contributed by atoms with Gasteiger partial charge in [-0.05, 0) is 43.7 Å². The van der Waals surface area contributed by atoms with Crippen LogP contribution in [-0.2, 0) is 13.0 Å². The van der Waals surface area contributed by atoms with Crippen molar-refractivity contribution in [2.45, 2.75) is 39.3 Å². The molecule has 5 heteroatoms. The molecule has 2 rings (SSSR count). The zero-order valence-electron chi connectivity index (χ0n) is 12.2. The van der Waals surface area contributed by atoms with Crippen molar-refractivity contribution in [3.63, 3.8) is 0 Å². The van der Waals surface area contributed by atoms with E-state index in [9.17, 15) is 0 Å². The average Bonchev–Trinajstić information content (AvgIpc) is 2.87. The maximum atomic E-state index is 4.40. The monoisotopic (exact) mass is 336 g/mol. The standard InChI is InChI=1S/C15H21BrN4/c1-4-7-20-15(18-10-19-20)9-14(17-3)13-8-12(16)6-5-11(13)2/h5-6,8,10,14,17H,4,7,9H2,1-3H3. The van der Waals surface area contributed by atoms with Crippen molar-refractivity contribution in [1.82, 2.24) is 20.1 Å². The second-order valence-corrected chi connectivity index (χ2v) is 5.86. The molecule has 0 spiro atoms. The second-order valence-electron chi connectivity index (χ2n) is 4.95. The molecule has 0 aliphatic rings. The van der Waals surface area contributed by atoms with E-state index in [-0.39, 0.29) is 6.04 Å². The molecule has 0 aliphatic heterocycles. The molecule has 20 heavy (non-hydrogen) atoms. The quantitative estimate of drug-likeness (QED) is 0.880. The highest BCUT2D eigenvalue weighted by Crippen LogP contribution is 2.24. The summed E-state index contributed by atoms with van der Waals surface area (Å²) in [5, 5.41) is 7.69. The Labute approximate surface area is 128 Å². The van der Waals surface area contributed by atoms with E-state index < -0.39 is 0 Å². The van der Waals surface area contributed by atoms with Crippen molar-refractivity contribution in [3.05, 3.63) is 46.0 Å². The molecule has 0 bridgehead atoms. The fraction of sp³-hybridized carbons (Fsp3) is 0.467. The topological polar surface area (TPSA) is 42.7 Å². The van der Waals surface area contributed by atoms with Gasteiger partial charge in [-0.25, -0.2) is 4.98 Å². The SMILES string of the molecule is CCCn1ncnc1CC(NC)c1cc(Br)ccc1C.